The van der Waals surface area contributed by atoms with Gasteiger partial charge in [-0.25, -0.2) is 0 Å². The summed E-state index contributed by atoms with van der Waals surface area (Å²) in [7, 11) is 2.04. The number of anilines is 2. The van der Waals surface area contributed by atoms with Gasteiger partial charge in [0.25, 0.3) is 0 Å². The molecule has 0 saturated heterocycles. The first kappa shape index (κ1) is 18.6. The van der Waals surface area contributed by atoms with E-state index in [2.05, 4.69) is 27.3 Å². The third-order valence-electron chi connectivity index (χ3n) is 4.41. The molecule has 138 valence electrons. The van der Waals surface area contributed by atoms with Crippen LogP contribution in [0.3, 0.4) is 0 Å². The second-order valence-electron chi connectivity index (χ2n) is 6.58. The first-order chi connectivity index (χ1) is 13.2. The minimum absolute atomic E-state index is 0.0338. The summed E-state index contributed by atoms with van der Waals surface area (Å²) in [6.45, 7) is 0.785. The van der Waals surface area contributed by atoms with Crippen LogP contribution in [-0.4, -0.2) is 17.9 Å². The maximum Gasteiger partial charge on any atom is 0.224 e. The number of hydrogen-bond acceptors (Lipinski definition) is 3. The van der Waals surface area contributed by atoms with E-state index in [1.54, 1.807) is 6.20 Å². The summed E-state index contributed by atoms with van der Waals surface area (Å²) in [6.07, 6.45) is 3.86. The number of nitrogens with zero attached hydrogens (tertiary/aromatic N) is 2. The Morgan fingerprint density at radius 2 is 1.70 bits per heavy atom. The van der Waals surface area contributed by atoms with Crippen molar-refractivity contribution in [2.75, 3.05) is 17.3 Å². The molecular weight excluding hydrogens is 334 g/mol. The van der Waals surface area contributed by atoms with E-state index in [0.29, 0.717) is 6.42 Å². The molecule has 27 heavy (non-hydrogen) atoms. The summed E-state index contributed by atoms with van der Waals surface area (Å²) in [5, 5.41) is 3.06. The molecular formula is C23H25N3O. The number of pyridine rings is 1. The van der Waals surface area contributed by atoms with Crippen molar-refractivity contribution in [1.29, 1.82) is 0 Å². The fourth-order valence-corrected chi connectivity index (χ4v) is 3.04. The highest BCUT2D eigenvalue weighted by atomic mass is 16.1. The van der Waals surface area contributed by atoms with Crippen LogP contribution in [0.5, 0.6) is 0 Å². The van der Waals surface area contributed by atoms with Crippen molar-refractivity contribution in [3.8, 4) is 0 Å². The minimum atomic E-state index is 0.0338. The summed E-state index contributed by atoms with van der Waals surface area (Å²) < 4.78 is 0. The minimum Gasteiger partial charge on any atom is -0.369 e. The van der Waals surface area contributed by atoms with Gasteiger partial charge >= 0.3 is 0 Å². The van der Waals surface area contributed by atoms with Crippen molar-refractivity contribution in [3.05, 3.63) is 90.3 Å². The summed E-state index contributed by atoms with van der Waals surface area (Å²) >= 11 is 0. The fraction of sp³-hybridized carbons (Fsp3) is 0.217. The second-order valence-corrected chi connectivity index (χ2v) is 6.58. The lowest BCUT2D eigenvalue weighted by atomic mass is 10.1. The fourth-order valence-electron chi connectivity index (χ4n) is 3.04. The van der Waals surface area contributed by atoms with E-state index in [9.17, 15) is 4.79 Å². The Labute approximate surface area is 160 Å². The summed E-state index contributed by atoms with van der Waals surface area (Å²) in [5.41, 5.74) is 4.11. The van der Waals surface area contributed by atoms with Crippen LogP contribution < -0.4 is 10.2 Å². The van der Waals surface area contributed by atoms with Gasteiger partial charge in [-0.05, 0) is 42.7 Å². The number of benzene rings is 2. The topological polar surface area (TPSA) is 45.2 Å². The lowest BCUT2D eigenvalue weighted by Gasteiger charge is -2.23. The highest BCUT2D eigenvalue weighted by Crippen LogP contribution is 2.26. The number of aryl methyl sites for hydroxylation is 1. The normalized spacial score (nSPS) is 10.4. The lowest BCUT2D eigenvalue weighted by molar-refractivity contribution is -0.116. The van der Waals surface area contributed by atoms with Gasteiger partial charge in [0.15, 0.2) is 0 Å². The van der Waals surface area contributed by atoms with Gasteiger partial charge in [0.2, 0.25) is 5.91 Å². The molecule has 0 spiro atoms. The second kappa shape index (κ2) is 9.53. The van der Waals surface area contributed by atoms with E-state index in [-0.39, 0.29) is 5.91 Å². The quantitative estimate of drug-likeness (QED) is 0.635. The molecule has 4 nitrogen and oxygen atoms in total. The van der Waals surface area contributed by atoms with Gasteiger partial charge < -0.3 is 10.2 Å². The van der Waals surface area contributed by atoms with Crippen LogP contribution in [0.2, 0.25) is 0 Å². The van der Waals surface area contributed by atoms with Crippen LogP contribution in [0.25, 0.3) is 0 Å². The van der Waals surface area contributed by atoms with Gasteiger partial charge in [-0.3, -0.25) is 9.78 Å². The molecule has 0 saturated carbocycles. The van der Waals surface area contributed by atoms with Crippen molar-refractivity contribution < 1.29 is 4.79 Å². The van der Waals surface area contributed by atoms with Crippen LogP contribution in [0.15, 0.2) is 79.0 Å². The monoisotopic (exact) mass is 359 g/mol. The first-order valence-electron chi connectivity index (χ1n) is 9.26. The number of para-hydroxylation sites is 2. The van der Waals surface area contributed by atoms with Crippen LogP contribution in [0, 0.1) is 0 Å². The maximum absolute atomic E-state index is 12.4. The smallest absolute Gasteiger partial charge is 0.224 e. The average molecular weight is 359 g/mol. The standard InChI is InChI=1S/C23H25N3O/c1-26(18-19-10-3-2-4-11-19)22-15-6-5-14-21(22)25-23(27)16-9-13-20-12-7-8-17-24-20/h2-8,10-12,14-15,17H,9,13,16,18H2,1H3,(H,25,27). The average Bonchev–Trinajstić information content (AvgIpc) is 2.70. The molecule has 3 aromatic rings. The summed E-state index contributed by atoms with van der Waals surface area (Å²) in [5.74, 6) is 0.0338. The number of aromatic nitrogens is 1. The van der Waals surface area contributed by atoms with E-state index >= 15 is 0 Å². The SMILES string of the molecule is CN(Cc1ccccc1)c1ccccc1NC(=O)CCCc1ccccn1. The predicted molar refractivity (Wildman–Crippen MR) is 111 cm³/mol. The molecule has 0 bridgehead atoms. The van der Waals surface area contributed by atoms with E-state index in [1.165, 1.54) is 5.56 Å². The third-order valence-corrected chi connectivity index (χ3v) is 4.41. The van der Waals surface area contributed by atoms with E-state index in [4.69, 9.17) is 0 Å². The zero-order chi connectivity index (χ0) is 18.9. The number of amides is 1. The van der Waals surface area contributed by atoms with Crippen molar-refractivity contribution in [2.45, 2.75) is 25.8 Å². The molecule has 0 fully saturated rings. The zero-order valence-corrected chi connectivity index (χ0v) is 15.6. The van der Waals surface area contributed by atoms with Crippen molar-refractivity contribution >= 4 is 17.3 Å². The molecule has 1 heterocycles. The number of rotatable bonds is 8. The Kier molecular flexibility index (Phi) is 6.58. The first-order valence-corrected chi connectivity index (χ1v) is 9.26. The van der Waals surface area contributed by atoms with Gasteiger partial charge in [-0.15, -0.1) is 0 Å². The lowest BCUT2D eigenvalue weighted by Crippen LogP contribution is -2.20. The highest BCUT2D eigenvalue weighted by Gasteiger charge is 2.10. The molecule has 3 rings (SSSR count). The Hall–Kier alpha value is -3.14. The van der Waals surface area contributed by atoms with Crippen molar-refractivity contribution in [3.63, 3.8) is 0 Å². The third kappa shape index (κ3) is 5.68. The van der Waals surface area contributed by atoms with Crippen LogP contribution in [0.1, 0.15) is 24.1 Å². The van der Waals surface area contributed by atoms with E-state index < -0.39 is 0 Å². The van der Waals surface area contributed by atoms with Crippen molar-refractivity contribution in [1.82, 2.24) is 4.98 Å². The molecule has 0 aliphatic heterocycles. The molecule has 4 heteroatoms. The van der Waals surface area contributed by atoms with E-state index in [1.807, 2.05) is 67.7 Å². The molecule has 0 aliphatic rings. The molecule has 1 N–H and O–H groups in total. The van der Waals surface area contributed by atoms with Gasteiger partial charge in [-0.1, -0.05) is 48.5 Å². The maximum atomic E-state index is 12.4. The van der Waals surface area contributed by atoms with Crippen LogP contribution >= 0.6 is 0 Å². The van der Waals surface area contributed by atoms with Gasteiger partial charge in [0.1, 0.15) is 0 Å². The number of carbonyl (C=O) groups is 1. The van der Waals surface area contributed by atoms with Crippen LogP contribution in [0.4, 0.5) is 11.4 Å². The Morgan fingerprint density at radius 3 is 2.48 bits per heavy atom. The number of carbonyl (C=O) groups excluding carboxylic acids is 1. The highest BCUT2D eigenvalue weighted by molar-refractivity contribution is 5.94. The largest absolute Gasteiger partial charge is 0.369 e. The molecule has 1 amide bonds. The summed E-state index contributed by atoms with van der Waals surface area (Å²) in [6, 6.07) is 24.1. The Balaban J connectivity index is 1.57. The van der Waals surface area contributed by atoms with Gasteiger partial charge in [-0.2, -0.15) is 0 Å². The molecule has 1 aromatic heterocycles. The molecule has 0 radical (unpaired) electrons. The molecule has 2 aromatic carbocycles. The van der Waals surface area contributed by atoms with E-state index in [0.717, 1.165) is 36.5 Å². The Morgan fingerprint density at radius 1 is 0.963 bits per heavy atom. The van der Waals surface area contributed by atoms with Crippen molar-refractivity contribution in [2.24, 2.45) is 0 Å². The van der Waals surface area contributed by atoms with Gasteiger partial charge in [0, 0.05) is 31.9 Å². The van der Waals surface area contributed by atoms with Crippen LogP contribution in [-0.2, 0) is 17.8 Å². The summed E-state index contributed by atoms with van der Waals surface area (Å²) in [4.78, 5) is 18.8. The predicted octanol–water partition coefficient (Wildman–Crippen LogP) is 4.68. The molecule has 0 unspecified atom stereocenters. The Bertz CT molecular complexity index is 850. The molecule has 0 aliphatic carbocycles. The zero-order valence-electron chi connectivity index (χ0n) is 15.6. The number of nitrogens with one attached hydrogen (secondary N) is 1. The molecule has 0 atom stereocenters. The number of hydrogen-bond donors (Lipinski definition) is 1. The van der Waals surface area contributed by atoms with Gasteiger partial charge in [0.05, 0.1) is 11.4 Å².